The van der Waals surface area contributed by atoms with Crippen LogP contribution in [0.2, 0.25) is 0 Å². The van der Waals surface area contributed by atoms with Gasteiger partial charge in [0.05, 0.1) is 11.0 Å². The molecule has 1 aliphatic rings. The van der Waals surface area contributed by atoms with Crippen molar-refractivity contribution in [1.82, 2.24) is 9.97 Å². The lowest BCUT2D eigenvalue weighted by Crippen LogP contribution is -2.15. The van der Waals surface area contributed by atoms with Gasteiger partial charge in [0.2, 0.25) is 0 Å². The predicted molar refractivity (Wildman–Crippen MR) is 65.8 cm³/mol. The zero-order valence-corrected chi connectivity index (χ0v) is 9.60. The Bertz CT molecular complexity index is 561. The Morgan fingerprint density at radius 3 is 2.65 bits per heavy atom. The van der Waals surface area contributed by atoms with E-state index in [4.69, 9.17) is 0 Å². The summed E-state index contributed by atoms with van der Waals surface area (Å²) in [6.07, 6.45) is 7.70. The Morgan fingerprint density at radius 2 is 1.94 bits per heavy atom. The van der Waals surface area contributed by atoms with E-state index in [0.29, 0.717) is 12.3 Å². The second-order valence-electron chi connectivity index (χ2n) is 4.68. The van der Waals surface area contributed by atoms with Crippen molar-refractivity contribution in [3.05, 3.63) is 36.2 Å². The summed E-state index contributed by atoms with van der Waals surface area (Å²) in [7, 11) is 0. The number of fused-ring (bicyclic) bond motifs is 1. The summed E-state index contributed by atoms with van der Waals surface area (Å²) >= 11 is 0. The first kappa shape index (κ1) is 10.4. The lowest BCUT2D eigenvalue weighted by molar-refractivity contribution is 0.0936. The quantitative estimate of drug-likeness (QED) is 0.755. The number of benzene rings is 1. The molecule has 0 aliphatic heterocycles. The van der Waals surface area contributed by atoms with E-state index >= 15 is 0 Å². The normalized spacial score (nSPS) is 15.8. The molecule has 0 amide bonds. The molecule has 1 aliphatic carbocycles. The van der Waals surface area contributed by atoms with Gasteiger partial charge in [-0.05, 0) is 24.1 Å². The molecule has 0 spiro atoms. The van der Waals surface area contributed by atoms with Gasteiger partial charge in [-0.15, -0.1) is 0 Å². The second-order valence-corrected chi connectivity index (χ2v) is 4.68. The lowest BCUT2D eigenvalue weighted by atomic mass is 9.81. The van der Waals surface area contributed by atoms with E-state index in [9.17, 15) is 4.79 Å². The van der Waals surface area contributed by atoms with Crippen LogP contribution >= 0.6 is 0 Å². The first-order valence-electron chi connectivity index (χ1n) is 6.07. The van der Waals surface area contributed by atoms with Crippen molar-refractivity contribution in [2.24, 2.45) is 5.92 Å². The van der Waals surface area contributed by atoms with Crippen molar-refractivity contribution in [1.29, 1.82) is 0 Å². The highest BCUT2D eigenvalue weighted by Crippen LogP contribution is 2.30. The predicted octanol–water partition coefficient (Wildman–Crippen LogP) is 3.00. The highest BCUT2D eigenvalue weighted by molar-refractivity contribution is 5.98. The Hall–Kier alpha value is -1.77. The van der Waals surface area contributed by atoms with Crippen LogP contribution in [0.4, 0.5) is 0 Å². The Kier molecular flexibility index (Phi) is 2.59. The van der Waals surface area contributed by atoms with Crippen LogP contribution in [0.15, 0.2) is 30.6 Å². The molecule has 86 valence electrons. The van der Waals surface area contributed by atoms with E-state index in [1.165, 1.54) is 19.3 Å². The zero-order chi connectivity index (χ0) is 11.7. The molecule has 17 heavy (non-hydrogen) atoms. The average Bonchev–Trinajstić information content (AvgIpc) is 2.33. The SMILES string of the molecule is O=C(CC1CCC1)c1ccc2nccnc2c1. The summed E-state index contributed by atoms with van der Waals surface area (Å²) in [5.41, 5.74) is 2.41. The van der Waals surface area contributed by atoms with Crippen LogP contribution in [0.1, 0.15) is 36.0 Å². The fourth-order valence-corrected chi connectivity index (χ4v) is 2.21. The molecule has 2 aromatic rings. The molecule has 0 saturated heterocycles. The third-order valence-corrected chi connectivity index (χ3v) is 3.49. The minimum Gasteiger partial charge on any atom is -0.294 e. The number of Topliss-reactive ketones (excluding diaryl/α,β-unsaturated/α-hetero) is 1. The summed E-state index contributed by atoms with van der Waals surface area (Å²) in [6.45, 7) is 0. The van der Waals surface area contributed by atoms with Crippen LogP contribution in [0.25, 0.3) is 11.0 Å². The molecule has 0 radical (unpaired) electrons. The van der Waals surface area contributed by atoms with E-state index in [0.717, 1.165) is 16.6 Å². The molecule has 0 bridgehead atoms. The first-order valence-corrected chi connectivity index (χ1v) is 6.07. The second kappa shape index (κ2) is 4.24. The molecule has 1 aromatic carbocycles. The van der Waals surface area contributed by atoms with E-state index in [1.807, 2.05) is 18.2 Å². The van der Waals surface area contributed by atoms with E-state index in [1.54, 1.807) is 12.4 Å². The fraction of sp³-hybridized carbons (Fsp3) is 0.357. The molecule has 3 heteroatoms. The van der Waals surface area contributed by atoms with Gasteiger partial charge in [0.1, 0.15) is 0 Å². The number of ketones is 1. The summed E-state index contributed by atoms with van der Waals surface area (Å²) in [4.78, 5) is 20.5. The van der Waals surface area contributed by atoms with Gasteiger partial charge >= 0.3 is 0 Å². The number of hydrogen-bond donors (Lipinski definition) is 0. The van der Waals surface area contributed by atoms with Gasteiger partial charge in [-0.25, -0.2) is 0 Å². The number of carbonyl (C=O) groups is 1. The Labute approximate surface area is 99.9 Å². The standard InChI is InChI=1S/C14H14N2O/c17-14(8-10-2-1-3-10)11-4-5-12-13(9-11)16-7-6-15-12/h4-7,9-10H,1-3,8H2. The van der Waals surface area contributed by atoms with E-state index in [2.05, 4.69) is 9.97 Å². The molecule has 0 unspecified atom stereocenters. The third-order valence-electron chi connectivity index (χ3n) is 3.49. The van der Waals surface area contributed by atoms with Crippen LogP contribution in [-0.4, -0.2) is 15.8 Å². The number of carbonyl (C=O) groups excluding carboxylic acids is 1. The topological polar surface area (TPSA) is 42.9 Å². The molecule has 1 fully saturated rings. The number of rotatable bonds is 3. The summed E-state index contributed by atoms with van der Waals surface area (Å²) in [5, 5.41) is 0. The minimum absolute atomic E-state index is 0.238. The summed E-state index contributed by atoms with van der Waals surface area (Å²) in [6, 6.07) is 5.58. The Morgan fingerprint density at radius 1 is 1.18 bits per heavy atom. The molecule has 1 aromatic heterocycles. The summed E-state index contributed by atoms with van der Waals surface area (Å²) < 4.78 is 0. The first-order chi connectivity index (χ1) is 8.33. The maximum Gasteiger partial charge on any atom is 0.163 e. The fourth-order valence-electron chi connectivity index (χ4n) is 2.21. The van der Waals surface area contributed by atoms with Crippen LogP contribution in [0, 0.1) is 5.92 Å². The summed E-state index contributed by atoms with van der Waals surface area (Å²) in [5.74, 6) is 0.849. The molecule has 1 saturated carbocycles. The van der Waals surface area contributed by atoms with Crippen LogP contribution in [0.5, 0.6) is 0 Å². The smallest absolute Gasteiger partial charge is 0.163 e. The highest BCUT2D eigenvalue weighted by atomic mass is 16.1. The van der Waals surface area contributed by atoms with Gasteiger partial charge in [-0.2, -0.15) is 0 Å². The number of aromatic nitrogens is 2. The molecule has 3 nitrogen and oxygen atoms in total. The van der Waals surface area contributed by atoms with E-state index < -0.39 is 0 Å². The van der Waals surface area contributed by atoms with Crippen molar-refractivity contribution < 1.29 is 4.79 Å². The van der Waals surface area contributed by atoms with Crippen molar-refractivity contribution in [2.45, 2.75) is 25.7 Å². The zero-order valence-electron chi connectivity index (χ0n) is 9.60. The number of hydrogen-bond acceptors (Lipinski definition) is 3. The molecule has 0 N–H and O–H groups in total. The molecule has 3 rings (SSSR count). The van der Waals surface area contributed by atoms with Gasteiger partial charge in [0, 0.05) is 24.4 Å². The van der Waals surface area contributed by atoms with Gasteiger partial charge in [0.15, 0.2) is 5.78 Å². The van der Waals surface area contributed by atoms with Crippen molar-refractivity contribution >= 4 is 16.8 Å². The van der Waals surface area contributed by atoms with Crippen molar-refractivity contribution in [3.63, 3.8) is 0 Å². The minimum atomic E-state index is 0.238. The van der Waals surface area contributed by atoms with Crippen molar-refractivity contribution in [3.8, 4) is 0 Å². The molecule has 1 heterocycles. The van der Waals surface area contributed by atoms with Gasteiger partial charge in [-0.3, -0.25) is 14.8 Å². The van der Waals surface area contributed by atoms with Gasteiger partial charge in [-0.1, -0.05) is 19.3 Å². The Balaban J connectivity index is 1.86. The molecular weight excluding hydrogens is 212 g/mol. The number of nitrogens with zero attached hydrogens (tertiary/aromatic N) is 2. The largest absolute Gasteiger partial charge is 0.294 e. The monoisotopic (exact) mass is 226 g/mol. The molecular formula is C14H14N2O. The highest BCUT2D eigenvalue weighted by Gasteiger charge is 2.21. The van der Waals surface area contributed by atoms with Crippen LogP contribution < -0.4 is 0 Å². The lowest BCUT2D eigenvalue weighted by Gasteiger charge is -2.24. The van der Waals surface area contributed by atoms with Gasteiger partial charge in [0.25, 0.3) is 0 Å². The maximum absolute atomic E-state index is 12.0. The van der Waals surface area contributed by atoms with Crippen LogP contribution in [-0.2, 0) is 0 Å². The molecule has 0 atom stereocenters. The van der Waals surface area contributed by atoms with Gasteiger partial charge < -0.3 is 0 Å². The maximum atomic E-state index is 12.0. The van der Waals surface area contributed by atoms with Crippen LogP contribution in [0.3, 0.4) is 0 Å². The van der Waals surface area contributed by atoms with E-state index in [-0.39, 0.29) is 5.78 Å². The average molecular weight is 226 g/mol. The third kappa shape index (κ3) is 2.05. The van der Waals surface area contributed by atoms with Crippen molar-refractivity contribution in [2.75, 3.05) is 0 Å².